The highest BCUT2D eigenvalue weighted by molar-refractivity contribution is 5.66. The van der Waals surface area contributed by atoms with Crippen LogP contribution in [0.15, 0.2) is 0 Å². The second kappa shape index (κ2) is 19.2. The second-order valence-electron chi connectivity index (χ2n) is 7.95. The highest BCUT2D eigenvalue weighted by Crippen LogP contribution is 2.17. The predicted octanol–water partition coefficient (Wildman–Crippen LogP) is 7.04. The molecule has 0 heterocycles. The van der Waals surface area contributed by atoms with Gasteiger partial charge in [0.1, 0.15) is 0 Å². The smallest absolute Gasteiger partial charge is 0.303 e. The molecule has 0 amide bonds. The number of unbranched alkanes of at least 4 members (excludes halogenated alkanes) is 10. The molecule has 1 unspecified atom stereocenters. The number of carboxylic acid groups (broad SMARTS) is 1. The van der Waals surface area contributed by atoms with Crippen LogP contribution in [0.2, 0.25) is 0 Å². The Hall–Kier alpha value is -0.570. The van der Waals surface area contributed by atoms with Crippen molar-refractivity contribution in [3.63, 3.8) is 0 Å². The SMILES string of the molecule is CCCCCCCCN(CCCCCCCC)C(CCC)CCC(=O)O. The standard InChI is InChI=1S/C23H47NO2/c1-4-7-9-11-13-15-20-24(21-16-14-12-10-8-5-2)22(17-6-3)18-19-23(25)26/h22H,4-21H2,1-3H3,(H,25,26). The van der Waals surface area contributed by atoms with Crippen LogP contribution in [0.1, 0.15) is 124 Å². The van der Waals surface area contributed by atoms with E-state index in [4.69, 9.17) is 5.11 Å². The van der Waals surface area contributed by atoms with E-state index in [1.54, 1.807) is 0 Å². The first-order valence-corrected chi connectivity index (χ1v) is 11.6. The molecule has 0 saturated carbocycles. The molecule has 3 heteroatoms. The Morgan fingerprint density at radius 3 is 1.58 bits per heavy atom. The van der Waals surface area contributed by atoms with Gasteiger partial charge in [-0.3, -0.25) is 4.79 Å². The number of hydrogen-bond donors (Lipinski definition) is 1. The van der Waals surface area contributed by atoms with Gasteiger partial charge in [0, 0.05) is 12.5 Å². The van der Waals surface area contributed by atoms with Crippen LogP contribution >= 0.6 is 0 Å². The third-order valence-electron chi connectivity index (χ3n) is 5.43. The van der Waals surface area contributed by atoms with E-state index in [1.165, 1.54) is 77.0 Å². The molecule has 1 atom stereocenters. The fraction of sp³-hybridized carbons (Fsp3) is 0.957. The molecule has 3 nitrogen and oxygen atoms in total. The fourth-order valence-corrected chi connectivity index (χ4v) is 3.80. The Labute approximate surface area is 163 Å². The van der Waals surface area contributed by atoms with Gasteiger partial charge in [-0.05, 0) is 38.8 Å². The maximum Gasteiger partial charge on any atom is 0.303 e. The van der Waals surface area contributed by atoms with Crippen LogP contribution in [0.25, 0.3) is 0 Å². The van der Waals surface area contributed by atoms with Crippen molar-refractivity contribution >= 4 is 5.97 Å². The molecule has 26 heavy (non-hydrogen) atoms. The first-order valence-electron chi connectivity index (χ1n) is 11.6. The van der Waals surface area contributed by atoms with Crippen molar-refractivity contribution in [2.45, 2.75) is 130 Å². The van der Waals surface area contributed by atoms with Gasteiger partial charge in [0.2, 0.25) is 0 Å². The van der Waals surface area contributed by atoms with Crippen LogP contribution in [-0.2, 0) is 4.79 Å². The number of hydrogen-bond acceptors (Lipinski definition) is 2. The van der Waals surface area contributed by atoms with Crippen LogP contribution in [0.4, 0.5) is 0 Å². The maximum absolute atomic E-state index is 11.0. The van der Waals surface area contributed by atoms with Crippen LogP contribution in [0.5, 0.6) is 0 Å². The predicted molar refractivity (Wildman–Crippen MR) is 114 cm³/mol. The Kier molecular flexibility index (Phi) is 18.8. The van der Waals surface area contributed by atoms with Gasteiger partial charge in [-0.25, -0.2) is 0 Å². The van der Waals surface area contributed by atoms with Crippen LogP contribution in [0.3, 0.4) is 0 Å². The molecule has 0 rings (SSSR count). The van der Waals surface area contributed by atoms with E-state index in [1.807, 2.05) is 0 Å². The monoisotopic (exact) mass is 369 g/mol. The van der Waals surface area contributed by atoms with Crippen LogP contribution in [0, 0.1) is 0 Å². The largest absolute Gasteiger partial charge is 0.481 e. The molecule has 0 aliphatic rings. The van der Waals surface area contributed by atoms with Gasteiger partial charge in [-0.2, -0.15) is 0 Å². The summed E-state index contributed by atoms with van der Waals surface area (Å²) in [7, 11) is 0. The highest BCUT2D eigenvalue weighted by Gasteiger charge is 2.18. The summed E-state index contributed by atoms with van der Waals surface area (Å²) in [5, 5.41) is 9.09. The summed E-state index contributed by atoms with van der Waals surface area (Å²) < 4.78 is 0. The van der Waals surface area contributed by atoms with Crippen molar-refractivity contribution in [2.24, 2.45) is 0 Å². The molecule has 156 valence electrons. The number of aliphatic carboxylic acids is 1. The number of carboxylic acids is 1. The van der Waals surface area contributed by atoms with Gasteiger partial charge in [0.25, 0.3) is 0 Å². The number of rotatable bonds is 20. The summed E-state index contributed by atoms with van der Waals surface area (Å²) in [4.78, 5) is 13.7. The molecule has 0 fully saturated rings. The van der Waals surface area contributed by atoms with E-state index in [-0.39, 0.29) is 0 Å². The van der Waals surface area contributed by atoms with Gasteiger partial charge in [-0.1, -0.05) is 91.4 Å². The first-order chi connectivity index (χ1) is 12.7. The zero-order valence-corrected chi connectivity index (χ0v) is 18.1. The minimum absolute atomic E-state index is 0.314. The van der Waals surface area contributed by atoms with Gasteiger partial charge in [-0.15, -0.1) is 0 Å². The fourth-order valence-electron chi connectivity index (χ4n) is 3.80. The van der Waals surface area contributed by atoms with Crippen molar-refractivity contribution < 1.29 is 9.90 Å². The molecule has 0 aromatic rings. The summed E-state index contributed by atoms with van der Waals surface area (Å²) in [5.41, 5.74) is 0. The second-order valence-corrected chi connectivity index (χ2v) is 7.95. The lowest BCUT2D eigenvalue weighted by molar-refractivity contribution is -0.137. The molecular weight excluding hydrogens is 322 g/mol. The molecule has 0 aromatic carbocycles. The van der Waals surface area contributed by atoms with Gasteiger partial charge in [0.15, 0.2) is 0 Å². The molecule has 1 N–H and O–H groups in total. The summed E-state index contributed by atoms with van der Waals surface area (Å²) in [6.45, 7) is 9.07. The lowest BCUT2D eigenvalue weighted by Crippen LogP contribution is -2.37. The molecule has 0 saturated heterocycles. The summed E-state index contributed by atoms with van der Waals surface area (Å²) in [5.74, 6) is -0.648. The quantitative estimate of drug-likeness (QED) is 0.234. The Morgan fingerprint density at radius 2 is 1.15 bits per heavy atom. The molecule has 0 radical (unpaired) electrons. The molecule has 0 aromatic heterocycles. The van der Waals surface area contributed by atoms with E-state index in [0.29, 0.717) is 12.5 Å². The molecule has 0 bridgehead atoms. The van der Waals surface area contributed by atoms with Crippen molar-refractivity contribution in [3.05, 3.63) is 0 Å². The minimum Gasteiger partial charge on any atom is -0.481 e. The zero-order valence-electron chi connectivity index (χ0n) is 18.1. The van der Waals surface area contributed by atoms with E-state index in [2.05, 4.69) is 25.7 Å². The average molecular weight is 370 g/mol. The summed E-state index contributed by atoms with van der Waals surface area (Å²) in [6.07, 6.45) is 19.4. The van der Waals surface area contributed by atoms with Gasteiger partial charge in [0.05, 0.1) is 0 Å². The van der Waals surface area contributed by atoms with E-state index in [0.717, 1.165) is 32.4 Å². The van der Waals surface area contributed by atoms with E-state index >= 15 is 0 Å². The van der Waals surface area contributed by atoms with Crippen molar-refractivity contribution in [3.8, 4) is 0 Å². The topological polar surface area (TPSA) is 40.5 Å². The molecule has 0 aliphatic heterocycles. The van der Waals surface area contributed by atoms with Crippen LogP contribution < -0.4 is 0 Å². The molecule has 0 spiro atoms. The first kappa shape index (κ1) is 25.4. The molecular formula is C23H47NO2. The Balaban J connectivity index is 4.34. The number of carbonyl (C=O) groups is 1. The van der Waals surface area contributed by atoms with Crippen molar-refractivity contribution in [1.82, 2.24) is 4.90 Å². The molecule has 0 aliphatic carbocycles. The van der Waals surface area contributed by atoms with Crippen molar-refractivity contribution in [1.29, 1.82) is 0 Å². The lowest BCUT2D eigenvalue weighted by atomic mass is 10.0. The highest BCUT2D eigenvalue weighted by atomic mass is 16.4. The van der Waals surface area contributed by atoms with E-state index < -0.39 is 5.97 Å². The summed E-state index contributed by atoms with van der Waals surface area (Å²) in [6, 6.07) is 0.461. The summed E-state index contributed by atoms with van der Waals surface area (Å²) >= 11 is 0. The Bertz CT molecular complexity index is 291. The maximum atomic E-state index is 11.0. The normalized spacial score (nSPS) is 12.6. The zero-order chi connectivity index (χ0) is 19.5. The minimum atomic E-state index is -0.648. The Morgan fingerprint density at radius 1 is 0.692 bits per heavy atom. The van der Waals surface area contributed by atoms with Crippen molar-refractivity contribution in [2.75, 3.05) is 13.1 Å². The van der Waals surface area contributed by atoms with Gasteiger partial charge < -0.3 is 10.0 Å². The lowest BCUT2D eigenvalue weighted by Gasteiger charge is -2.32. The third kappa shape index (κ3) is 15.7. The van der Waals surface area contributed by atoms with E-state index in [9.17, 15) is 4.79 Å². The third-order valence-corrected chi connectivity index (χ3v) is 5.43. The average Bonchev–Trinajstić information content (AvgIpc) is 2.62. The van der Waals surface area contributed by atoms with Crippen LogP contribution in [-0.4, -0.2) is 35.1 Å². The van der Waals surface area contributed by atoms with Gasteiger partial charge >= 0.3 is 5.97 Å². The number of nitrogens with zero attached hydrogens (tertiary/aromatic N) is 1.